The zero-order chi connectivity index (χ0) is 19.6. The van der Waals surface area contributed by atoms with Gasteiger partial charge in [0.1, 0.15) is 5.75 Å². The van der Waals surface area contributed by atoms with E-state index < -0.39 is 11.8 Å². The standard InChI is InChI=1S/C21H16Cl2N2O3/c1-28-9-5-6-14-10(7-9)17-15(24-14)8-11(16-12(22)3-2-4-13(16)23)18-19(17)21(27)25-20(18)26/h2-7,11,18-19,24H,8H2,1H3,(H,25,26,27). The van der Waals surface area contributed by atoms with Crippen LogP contribution in [-0.2, 0) is 16.0 Å². The van der Waals surface area contributed by atoms with Crippen LogP contribution in [0.5, 0.6) is 5.75 Å². The molecule has 1 aliphatic carbocycles. The van der Waals surface area contributed by atoms with Crippen molar-refractivity contribution < 1.29 is 14.3 Å². The van der Waals surface area contributed by atoms with E-state index in [1.165, 1.54) is 0 Å². The number of amides is 2. The first-order valence-electron chi connectivity index (χ1n) is 8.96. The highest BCUT2D eigenvalue weighted by Crippen LogP contribution is 2.52. The molecule has 1 aromatic heterocycles. The smallest absolute Gasteiger partial charge is 0.235 e. The fourth-order valence-corrected chi connectivity index (χ4v) is 5.38. The van der Waals surface area contributed by atoms with E-state index in [9.17, 15) is 9.59 Å². The number of H-pyrrole nitrogens is 1. The van der Waals surface area contributed by atoms with E-state index in [1.807, 2.05) is 18.2 Å². The molecule has 2 amide bonds. The molecular formula is C21H16Cl2N2O3. The molecule has 28 heavy (non-hydrogen) atoms. The average Bonchev–Trinajstić information content (AvgIpc) is 3.17. The highest BCUT2D eigenvalue weighted by molar-refractivity contribution is 6.36. The highest BCUT2D eigenvalue weighted by atomic mass is 35.5. The summed E-state index contributed by atoms with van der Waals surface area (Å²) in [5, 5.41) is 4.42. The molecule has 2 aromatic carbocycles. The number of halogens is 2. The first kappa shape index (κ1) is 17.6. The molecule has 0 bridgehead atoms. The minimum absolute atomic E-state index is 0.279. The summed E-state index contributed by atoms with van der Waals surface area (Å²) in [6, 6.07) is 11.0. The van der Waals surface area contributed by atoms with Crippen molar-refractivity contribution in [3.8, 4) is 5.75 Å². The summed E-state index contributed by atoms with van der Waals surface area (Å²) in [7, 11) is 1.60. The molecule has 1 saturated heterocycles. The summed E-state index contributed by atoms with van der Waals surface area (Å²) < 4.78 is 5.35. The number of carbonyl (C=O) groups is 2. The molecule has 2 N–H and O–H groups in total. The van der Waals surface area contributed by atoms with Crippen molar-refractivity contribution in [3.05, 3.63) is 63.3 Å². The van der Waals surface area contributed by atoms with Crippen molar-refractivity contribution in [2.75, 3.05) is 7.11 Å². The van der Waals surface area contributed by atoms with Crippen molar-refractivity contribution in [1.29, 1.82) is 0 Å². The fourth-order valence-electron chi connectivity index (χ4n) is 4.71. The quantitative estimate of drug-likeness (QED) is 0.617. The van der Waals surface area contributed by atoms with Gasteiger partial charge in [-0.15, -0.1) is 0 Å². The number of carbonyl (C=O) groups excluding carboxylic acids is 2. The largest absolute Gasteiger partial charge is 0.497 e. The fraction of sp³-hybridized carbons (Fsp3) is 0.238. The van der Waals surface area contributed by atoms with Gasteiger partial charge in [0, 0.05) is 32.6 Å². The van der Waals surface area contributed by atoms with E-state index in [-0.39, 0.29) is 17.7 Å². The van der Waals surface area contributed by atoms with Crippen molar-refractivity contribution in [1.82, 2.24) is 10.3 Å². The predicted molar refractivity (Wildman–Crippen MR) is 107 cm³/mol. The minimum Gasteiger partial charge on any atom is -0.497 e. The maximum Gasteiger partial charge on any atom is 0.235 e. The predicted octanol–water partition coefficient (Wildman–Crippen LogP) is 4.18. The summed E-state index contributed by atoms with van der Waals surface area (Å²) in [6.45, 7) is 0. The number of aromatic nitrogens is 1. The Hall–Kier alpha value is -2.50. The van der Waals surface area contributed by atoms with E-state index in [0.717, 1.165) is 22.2 Å². The normalized spacial score (nSPS) is 23.5. The third-order valence-corrected chi connectivity index (χ3v) is 6.52. The van der Waals surface area contributed by atoms with Crippen LogP contribution in [0.3, 0.4) is 0 Å². The molecule has 0 radical (unpaired) electrons. The summed E-state index contributed by atoms with van der Waals surface area (Å²) >= 11 is 12.9. The van der Waals surface area contributed by atoms with Gasteiger partial charge in [0.2, 0.25) is 11.8 Å². The minimum atomic E-state index is -0.588. The van der Waals surface area contributed by atoms with E-state index in [4.69, 9.17) is 27.9 Å². The van der Waals surface area contributed by atoms with Gasteiger partial charge in [0.05, 0.1) is 18.9 Å². The third kappa shape index (κ3) is 2.39. The van der Waals surface area contributed by atoms with Crippen molar-refractivity contribution in [3.63, 3.8) is 0 Å². The van der Waals surface area contributed by atoms with Crippen LogP contribution in [0.1, 0.15) is 28.7 Å². The first-order valence-corrected chi connectivity index (χ1v) is 9.72. The second-order valence-electron chi connectivity index (χ2n) is 7.23. The zero-order valence-electron chi connectivity index (χ0n) is 14.9. The number of methoxy groups -OCH3 is 1. The Balaban J connectivity index is 1.76. The number of benzene rings is 2. The number of fused-ring (bicyclic) bond motifs is 5. The highest BCUT2D eigenvalue weighted by Gasteiger charge is 2.52. The lowest BCUT2D eigenvalue weighted by atomic mass is 9.69. The van der Waals surface area contributed by atoms with Gasteiger partial charge in [-0.2, -0.15) is 0 Å². The number of aromatic amines is 1. The summed E-state index contributed by atoms with van der Waals surface area (Å²) in [6.07, 6.45) is 0.539. The molecular weight excluding hydrogens is 399 g/mol. The first-order chi connectivity index (χ1) is 13.5. The van der Waals surface area contributed by atoms with Crippen LogP contribution in [0.2, 0.25) is 10.0 Å². The van der Waals surface area contributed by atoms with Gasteiger partial charge in [0.25, 0.3) is 0 Å². The molecule has 0 saturated carbocycles. The second kappa shape index (κ2) is 6.26. The average molecular weight is 415 g/mol. The SMILES string of the molecule is COc1ccc2[nH]c3c(c2c1)C1C(=O)NC(=O)C1C(c1c(Cl)cccc1Cl)C3. The topological polar surface area (TPSA) is 71.2 Å². The molecule has 1 fully saturated rings. The van der Waals surface area contributed by atoms with Gasteiger partial charge in [-0.3, -0.25) is 14.9 Å². The van der Waals surface area contributed by atoms with Gasteiger partial charge in [-0.05, 0) is 47.9 Å². The zero-order valence-corrected chi connectivity index (χ0v) is 16.4. The Morgan fingerprint density at radius 3 is 2.50 bits per heavy atom. The number of ether oxygens (including phenoxy) is 1. The van der Waals surface area contributed by atoms with Gasteiger partial charge in [-0.1, -0.05) is 29.3 Å². The van der Waals surface area contributed by atoms with E-state index in [1.54, 1.807) is 25.3 Å². The van der Waals surface area contributed by atoms with E-state index in [0.29, 0.717) is 27.8 Å². The summed E-state index contributed by atoms with van der Waals surface area (Å²) in [5.74, 6) is -1.30. The number of rotatable bonds is 2. The number of nitrogens with one attached hydrogen (secondary N) is 2. The molecule has 3 aromatic rings. The molecule has 142 valence electrons. The monoisotopic (exact) mass is 414 g/mol. The van der Waals surface area contributed by atoms with Crippen LogP contribution < -0.4 is 10.1 Å². The lowest BCUT2D eigenvalue weighted by molar-refractivity contribution is -0.126. The number of imide groups is 1. The van der Waals surface area contributed by atoms with Crippen LogP contribution in [-0.4, -0.2) is 23.9 Å². The number of hydrogen-bond donors (Lipinski definition) is 2. The molecule has 5 nitrogen and oxygen atoms in total. The molecule has 0 spiro atoms. The van der Waals surface area contributed by atoms with Crippen LogP contribution in [0.4, 0.5) is 0 Å². The molecule has 2 aliphatic rings. The van der Waals surface area contributed by atoms with Crippen LogP contribution in [0, 0.1) is 5.92 Å². The second-order valence-corrected chi connectivity index (χ2v) is 8.05. The van der Waals surface area contributed by atoms with Crippen LogP contribution in [0.25, 0.3) is 10.9 Å². The van der Waals surface area contributed by atoms with Crippen LogP contribution in [0.15, 0.2) is 36.4 Å². The molecule has 7 heteroatoms. The lowest BCUT2D eigenvalue weighted by Crippen LogP contribution is -2.31. The van der Waals surface area contributed by atoms with Crippen molar-refractivity contribution in [2.45, 2.75) is 18.3 Å². The van der Waals surface area contributed by atoms with Crippen molar-refractivity contribution in [2.24, 2.45) is 5.92 Å². The molecule has 2 heterocycles. The Bertz CT molecular complexity index is 1130. The van der Waals surface area contributed by atoms with Gasteiger partial charge < -0.3 is 9.72 Å². The summed E-state index contributed by atoms with van der Waals surface area (Å²) in [4.78, 5) is 29.0. The van der Waals surface area contributed by atoms with Gasteiger partial charge >= 0.3 is 0 Å². The maximum absolute atomic E-state index is 12.8. The van der Waals surface area contributed by atoms with Crippen LogP contribution >= 0.6 is 23.2 Å². The summed E-state index contributed by atoms with van der Waals surface area (Å²) in [5.41, 5.74) is 3.41. The Labute approximate surface area is 171 Å². The lowest BCUT2D eigenvalue weighted by Gasteiger charge is -2.32. The number of hydrogen-bond acceptors (Lipinski definition) is 3. The maximum atomic E-state index is 12.8. The molecule has 1 aliphatic heterocycles. The molecule has 3 unspecified atom stereocenters. The Morgan fingerprint density at radius 1 is 1.04 bits per heavy atom. The molecule has 5 rings (SSSR count). The molecule has 3 atom stereocenters. The Kier molecular flexibility index (Phi) is 3.93. The van der Waals surface area contributed by atoms with E-state index in [2.05, 4.69) is 10.3 Å². The van der Waals surface area contributed by atoms with Crippen molar-refractivity contribution >= 4 is 45.9 Å². The van der Waals surface area contributed by atoms with Gasteiger partial charge in [-0.25, -0.2) is 0 Å². The third-order valence-electron chi connectivity index (χ3n) is 5.86. The van der Waals surface area contributed by atoms with E-state index >= 15 is 0 Å². The Morgan fingerprint density at radius 2 is 1.79 bits per heavy atom. The van der Waals surface area contributed by atoms with Gasteiger partial charge in [0.15, 0.2) is 0 Å².